The molecule has 0 aromatic rings. The van der Waals surface area contributed by atoms with Crippen molar-refractivity contribution in [1.82, 2.24) is 4.90 Å². The van der Waals surface area contributed by atoms with E-state index in [1.165, 1.54) is 19.3 Å². The third kappa shape index (κ3) is 1.84. The van der Waals surface area contributed by atoms with Crippen LogP contribution in [0, 0.1) is 17.8 Å². The molecule has 3 aliphatic rings. The maximum absolute atomic E-state index is 12.3. The average Bonchev–Trinajstić information content (AvgIpc) is 2.81. The topological polar surface area (TPSA) is 57.6 Å². The van der Waals surface area contributed by atoms with Gasteiger partial charge in [-0.1, -0.05) is 6.42 Å². The molecule has 0 spiro atoms. The fourth-order valence-electron chi connectivity index (χ4n) is 3.45. The summed E-state index contributed by atoms with van der Waals surface area (Å²) in [5.74, 6) is 2.00. The van der Waals surface area contributed by atoms with Gasteiger partial charge in [-0.2, -0.15) is 11.8 Å². The predicted octanol–water partition coefficient (Wildman–Crippen LogP) is 1.06. The second kappa shape index (κ2) is 4.19. The molecule has 1 heterocycles. The van der Waals surface area contributed by atoms with Crippen molar-refractivity contribution in [3.63, 3.8) is 0 Å². The van der Waals surface area contributed by atoms with Crippen molar-refractivity contribution in [2.75, 3.05) is 18.1 Å². The summed E-state index contributed by atoms with van der Waals surface area (Å²) in [6, 6.07) is -0.595. The van der Waals surface area contributed by atoms with E-state index in [1.54, 1.807) is 16.7 Å². The Labute approximate surface area is 105 Å². The van der Waals surface area contributed by atoms with Crippen LogP contribution in [-0.4, -0.2) is 46.0 Å². The van der Waals surface area contributed by atoms with Crippen LogP contribution in [0.25, 0.3) is 0 Å². The monoisotopic (exact) mass is 255 g/mol. The smallest absolute Gasteiger partial charge is 0.327 e. The van der Waals surface area contributed by atoms with Crippen LogP contribution in [0.15, 0.2) is 0 Å². The average molecular weight is 255 g/mol. The molecule has 0 bridgehead atoms. The number of fused-ring (bicyclic) bond motifs is 1. The highest BCUT2D eigenvalue weighted by molar-refractivity contribution is 7.99. The summed E-state index contributed by atoms with van der Waals surface area (Å²) in [6.45, 7) is 0.608. The molecule has 0 aromatic heterocycles. The highest BCUT2D eigenvalue weighted by atomic mass is 32.2. The minimum Gasteiger partial charge on any atom is -0.480 e. The highest BCUT2D eigenvalue weighted by Gasteiger charge is 2.58. The van der Waals surface area contributed by atoms with Crippen LogP contribution in [0.4, 0.5) is 0 Å². The summed E-state index contributed by atoms with van der Waals surface area (Å²) in [5.41, 5.74) is 0. The number of amides is 1. The first-order chi connectivity index (χ1) is 8.20. The molecule has 1 N–H and O–H groups in total. The Balaban J connectivity index is 1.69. The molecule has 1 saturated heterocycles. The van der Waals surface area contributed by atoms with Crippen LogP contribution in [0.3, 0.4) is 0 Å². The summed E-state index contributed by atoms with van der Waals surface area (Å²) < 4.78 is 0. The number of carboxylic acid groups (broad SMARTS) is 1. The van der Waals surface area contributed by atoms with E-state index in [9.17, 15) is 9.59 Å². The standard InChI is InChI=1S/C12H17NO3S/c14-11(10-7-2-1-3-8(7)10)13-4-5-17-6-9(13)12(15)16/h7-10H,1-6H2,(H,15,16). The van der Waals surface area contributed by atoms with E-state index in [-0.39, 0.29) is 11.8 Å². The summed E-state index contributed by atoms with van der Waals surface area (Å²) >= 11 is 1.63. The zero-order valence-electron chi connectivity index (χ0n) is 9.67. The molecule has 0 aromatic carbocycles. The number of carbonyl (C=O) groups excluding carboxylic acids is 1. The van der Waals surface area contributed by atoms with Crippen LogP contribution in [0.2, 0.25) is 0 Å². The van der Waals surface area contributed by atoms with Crippen molar-refractivity contribution >= 4 is 23.6 Å². The lowest BCUT2D eigenvalue weighted by Gasteiger charge is -2.33. The van der Waals surface area contributed by atoms with E-state index in [0.29, 0.717) is 24.1 Å². The van der Waals surface area contributed by atoms with Crippen molar-refractivity contribution in [2.24, 2.45) is 17.8 Å². The lowest BCUT2D eigenvalue weighted by atomic mass is 10.1. The van der Waals surface area contributed by atoms with Crippen LogP contribution in [0.5, 0.6) is 0 Å². The highest BCUT2D eigenvalue weighted by Crippen LogP contribution is 2.58. The van der Waals surface area contributed by atoms with Gasteiger partial charge in [-0.3, -0.25) is 4.79 Å². The first kappa shape index (κ1) is 11.4. The van der Waals surface area contributed by atoms with Gasteiger partial charge >= 0.3 is 5.97 Å². The third-order valence-corrected chi connectivity index (χ3v) is 5.41. The second-order valence-corrected chi connectivity index (χ2v) is 6.39. The van der Waals surface area contributed by atoms with Gasteiger partial charge in [0.25, 0.3) is 0 Å². The lowest BCUT2D eigenvalue weighted by molar-refractivity contribution is -0.150. The molecule has 3 fully saturated rings. The number of hydrogen-bond donors (Lipinski definition) is 1. The van der Waals surface area contributed by atoms with Crippen molar-refractivity contribution < 1.29 is 14.7 Å². The minimum atomic E-state index is -0.851. The number of nitrogens with zero attached hydrogens (tertiary/aromatic N) is 1. The van der Waals surface area contributed by atoms with Gasteiger partial charge in [0.05, 0.1) is 0 Å². The zero-order valence-corrected chi connectivity index (χ0v) is 10.5. The molecule has 5 heteroatoms. The van der Waals surface area contributed by atoms with Gasteiger partial charge in [-0.15, -0.1) is 0 Å². The Morgan fingerprint density at radius 1 is 1.24 bits per heavy atom. The van der Waals surface area contributed by atoms with Crippen molar-refractivity contribution in [3.05, 3.63) is 0 Å². The Morgan fingerprint density at radius 3 is 2.59 bits per heavy atom. The van der Waals surface area contributed by atoms with Gasteiger partial charge in [0.15, 0.2) is 0 Å². The fraction of sp³-hybridized carbons (Fsp3) is 0.833. The van der Waals surface area contributed by atoms with Crippen LogP contribution in [0.1, 0.15) is 19.3 Å². The number of rotatable bonds is 2. The molecular formula is C12H17NO3S. The quantitative estimate of drug-likeness (QED) is 0.801. The molecule has 3 atom stereocenters. The number of carboxylic acids is 1. The Bertz CT molecular complexity index is 350. The summed E-state index contributed by atoms with van der Waals surface area (Å²) in [7, 11) is 0. The molecule has 2 aliphatic carbocycles. The molecule has 1 amide bonds. The SMILES string of the molecule is O=C(O)C1CSCCN1C(=O)C1C2CCCC21. The largest absolute Gasteiger partial charge is 0.480 e. The van der Waals surface area contributed by atoms with E-state index in [1.807, 2.05) is 0 Å². The minimum absolute atomic E-state index is 0.118. The molecular weight excluding hydrogens is 238 g/mol. The van der Waals surface area contributed by atoms with Crippen LogP contribution < -0.4 is 0 Å². The Hall–Kier alpha value is -0.710. The number of thioether (sulfide) groups is 1. The number of carbonyl (C=O) groups is 2. The van der Waals surface area contributed by atoms with Crippen molar-refractivity contribution in [2.45, 2.75) is 25.3 Å². The van der Waals surface area contributed by atoms with Crippen LogP contribution >= 0.6 is 11.8 Å². The maximum Gasteiger partial charge on any atom is 0.327 e. The van der Waals surface area contributed by atoms with E-state index < -0.39 is 12.0 Å². The molecule has 3 rings (SSSR count). The molecule has 1 aliphatic heterocycles. The van der Waals surface area contributed by atoms with E-state index >= 15 is 0 Å². The molecule has 0 radical (unpaired) electrons. The Morgan fingerprint density at radius 2 is 1.94 bits per heavy atom. The van der Waals surface area contributed by atoms with E-state index in [0.717, 1.165) is 5.75 Å². The van der Waals surface area contributed by atoms with Crippen molar-refractivity contribution in [1.29, 1.82) is 0 Å². The summed E-state index contributed by atoms with van der Waals surface area (Å²) in [4.78, 5) is 25.1. The molecule has 17 heavy (non-hydrogen) atoms. The first-order valence-electron chi connectivity index (χ1n) is 6.31. The van der Waals surface area contributed by atoms with Gasteiger partial charge in [0.1, 0.15) is 6.04 Å². The van der Waals surface area contributed by atoms with Gasteiger partial charge in [0.2, 0.25) is 5.91 Å². The maximum atomic E-state index is 12.3. The zero-order chi connectivity index (χ0) is 12.0. The molecule has 4 nitrogen and oxygen atoms in total. The molecule has 3 unspecified atom stereocenters. The van der Waals surface area contributed by atoms with Gasteiger partial charge in [0, 0.05) is 24.0 Å². The van der Waals surface area contributed by atoms with Gasteiger partial charge < -0.3 is 10.0 Å². The molecule has 2 saturated carbocycles. The fourth-order valence-corrected chi connectivity index (χ4v) is 4.49. The summed E-state index contributed by atoms with van der Waals surface area (Å²) in [6.07, 6.45) is 3.58. The normalized spacial score (nSPS) is 39.9. The van der Waals surface area contributed by atoms with E-state index in [2.05, 4.69) is 0 Å². The first-order valence-corrected chi connectivity index (χ1v) is 7.46. The van der Waals surface area contributed by atoms with Gasteiger partial charge in [-0.25, -0.2) is 4.79 Å². The summed E-state index contributed by atoms with van der Waals surface area (Å²) in [5, 5.41) is 9.16. The van der Waals surface area contributed by atoms with Crippen molar-refractivity contribution in [3.8, 4) is 0 Å². The predicted molar refractivity (Wildman–Crippen MR) is 64.8 cm³/mol. The van der Waals surface area contributed by atoms with Crippen LogP contribution in [-0.2, 0) is 9.59 Å². The third-order valence-electron chi connectivity index (χ3n) is 4.39. The second-order valence-electron chi connectivity index (χ2n) is 5.24. The number of aliphatic carboxylic acids is 1. The Kier molecular flexibility index (Phi) is 2.81. The van der Waals surface area contributed by atoms with Gasteiger partial charge in [-0.05, 0) is 24.7 Å². The van der Waals surface area contributed by atoms with E-state index in [4.69, 9.17) is 5.11 Å². The number of hydrogen-bond acceptors (Lipinski definition) is 3. The molecule has 94 valence electrons. The lowest BCUT2D eigenvalue weighted by Crippen LogP contribution is -2.51.